The van der Waals surface area contributed by atoms with Crippen molar-refractivity contribution in [1.29, 1.82) is 0 Å². The lowest BCUT2D eigenvalue weighted by molar-refractivity contribution is -0.164. The number of carboxylic acid groups (broad SMARTS) is 1. The average Bonchev–Trinajstić information content (AvgIpc) is 2.60. The predicted molar refractivity (Wildman–Crippen MR) is 93.7 cm³/mol. The minimum atomic E-state index is -4.39. The van der Waals surface area contributed by atoms with Crippen LogP contribution in [-0.2, 0) is 25.0 Å². The number of benzene rings is 1. The Balaban J connectivity index is 2.54. The monoisotopic (exact) mass is 374 g/mol. The quantitative estimate of drug-likeness (QED) is 0.203. The van der Waals surface area contributed by atoms with E-state index in [-0.39, 0.29) is 5.75 Å². The predicted octanol–water partition coefficient (Wildman–Crippen LogP) is 5.06. The van der Waals surface area contributed by atoms with Gasteiger partial charge in [-0.3, -0.25) is 4.52 Å². The number of carbonyl (C=O) groups is 1. The maximum absolute atomic E-state index is 12.1. The smallest absolute Gasteiger partial charge is 0.480 e. The van der Waals surface area contributed by atoms with Crippen LogP contribution < -0.4 is 4.52 Å². The topological polar surface area (TPSA) is 102 Å². The molecule has 0 bridgehead atoms. The third-order valence-electron chi connectivity index (χ3n) is 3.68. The summed E-state index contributed by atoms with van der Waals surface area (Å²) in [4.78, 5) is 10.5. The zero-order valence-corrected chi connectivity index (χ0v) is 15.5. The molecule has 0 spiro atoms. The lowest BCUT2D eigenvalue weighted by Gasteiger charge is -2.16. The summed E-state index contributed by atoms with van der Waals surface area (Å²) in [5.74, 6) is -1.10. The summed E-state index contributed by atoms with van der Waals surface area (Å²) in [6.07, 6.45) is 8.90. The highest BCUT2D eigenvalue weighted by atomic mass is 31.2. The second-order valence-electron chi connectivity index (χ2n) is 5.77. The van der Waals surface area contributed by atoms with Crippen LogP contribution in [0.2, 0.25) is 0 Å². The number of phosphoric ester groups is 1. The van der Waals surface area contributed by atoms with Crippen LogP contribution in [0.4, 0.5) is 0 Å². The second kappa shape index (κ2) is 12.0. The number of unbranched alkanes of at least 4 members (excludes halogenated alkanes) is 6. The minimum absolute atomic E-state index is 0.247. The van der Waals surface area contributed by atoms with Gasteiger partial charge in [0, 0.05) is 0 Å². The van der Waals surface area contributed by atoms with Crippen molar-refractivity contribution in [2.24, 2.45) is 0 Å². The normalized spacial score (nSPS) is 13.4. The summed E-state index contributed by atoms with van der Waals surface area (Å²) in [6.45, 7) is 1.28. The van der Waals surface area contributed by atoms with Crippen molar-refractivity contribution in [3.8, 4) is 5.75 Å². The molecule has 1 unspecified atom stereocenters. The van der Waals surface area contributed by atoms with Gasteiger partial charge >= 0.3 is 13.8 Å². The van der Waals surface area contributed by atoms with Crippen LogP contribution in [0.1, 0.15) is 57.4 Å². The van der Waals surface area contributed by atoms with Gasteiger partial charge in [-0.15, -0.1) is 4.67 Å². The highest BCUT2D eigenvalue weighted by Gasteiger charge is 2.31. The molecule has 0 fully saturated rings. The molecule has 1 aromatic carbocycles. The molecule has 2 N–H and O–H groups in total. The molecule has 1 aromatic rings. The number of para-hydroxylation sites is 1. The first-order valence-electron chi connectivity index (χ1n) is 8.57. The summed E-state index contributed by atoms with van der Waals surface area (Å²) in [5, 5.41) is 17.3. The Kier molecular flexibility index (Phi) is 10.4. The number of hydrogen-bond acceptors (Lipinski definition) is 6. The number of rotatable bonds is 14. The van der Waals surface area contributed by atoms with E-state index in [2.05, 4.69) is 16.1 Å². The van der Waals surface area contributed by atoms with E-state index in [1.54, 1.807) is 12.1 Å². The van der Waals surface area contributed by atoms with Gasteiger partial charge in [0.2, 0.25) is 0 Å². The van der Waals surface area contributed by atoms with Crippen molar-refractivity contribution in [1.82, 2.24) is 0 Å². The van der Waals surface area contributed by atoms with Crippen LogP contribution in [0.25, 0.3) is 0 Å². The molecule has 0 aliphatic carbocycles. The Morgan fingerprint density at radius 1 is 1.08 bits per heavy atom. The molecular formula is C17H27O7P. The van der Waals surface area contributed by atoms with Crippen molar-refractivity contribution in [3.05, 3.63) is 29.8 Å². The van der Waals surface area contributed by atoms with Crippen LogP contribution in [0.15, 0.2) is 24.3 Å². The van der Waals surface area contributed by atoms with E-state index in [0.29, 0.717) is 6.42 Å². The van der Waals surface area contributed by atoms with Crippen LogP contribution in [0.5, 0.6) is 5.75 Å². The number of aliphatic carboxylic acids is 1. The van der Waals surface area contributed by atoms with Crippen LogP contribution in [0, 0.1) is 0 Å². The SMILES string of the molecule is CCCCCCCCCc1ccccc1OP(=O)(OO)OCC(=O)O. The molecule has 7 nitrogen and oxygen atoms in total. The number of hydrogen-bond donors (Lipinski definition) is 2. The Bertz CT molecular complexity index is 562. The highest BCUT2D eigenvalue weighted by Crippen LogP contribution is 2.49. The van der Waals surface area contributed by atoms with Gasteiger partial charge in [-0.25, -0.2) is 14.6 Å². The third-order valence-corrected chi connectivity index (χ3v) is 4.74. The summed E-state index contributed by atoms with van der Waals surface area (Å²) < 4.78 is 25.6. The van der Waals surface area contributed by atoms with Gasteiger partial charge in [-0.2, -0.15) is 0 Å². The Hall–Kier alpha value is -1.40. The van der Waals surface area contributed by atoms with Crippen molar-refractivity contribution >= 4 is 13.8 Å². The molecule has 1 atom stereocenters. The first-order valence-corrected chi connectivity index (χ1v) is 10.0. The fourth-order valence-electron chi connectivity index (χ4n) is 2.39. The van der Waals surface area contributed by atoms with Crippen LogP contribution in [0.3, 0.4) is 0 Å². The van der Waals surface area contributed by atoms with Crippen molar-refractivity contribution < 1.29 is 33.4 Å². The van der Waals surface area contributed by atoms with Gasteiger partial charge in [0.25, 0.3) is 0 Å². The molecule has 25 heavy (non-hydrogen) atoms. The van der Waals surface area contributed by atoms with E-state index in [1.807, 2.05) is 12.1 Å². The fourth-order valence-corrected chi connectivity index (χ4v) is 3.21. The minimum Gasteiger partial charge on any atom is -0.480 e. The van der Waals surface area contributed by atoms with E-state index in [0.717, 1.165) is 18.4 Å². The Morgan fingerprint density at radius 2 is 1.72 bits per heavy atom. The first-order chi connectivity index (χ1) is 12.0. The van der Waals surface area contributed by atoms with Crippen LogP contribution >= 0.6 is 7.82 Å². The molecule has 0 aromatic heterocycles. The Labute approximate surface area is 148 Å². The van der Waals surface area contributed by atoms with E-state index < -0.39 is 20.4 Å². The largest absolute Gasteiger partial charge is 0.558 e. The lowest BCUT2D eigenvalue weighted by Crippen LogP contribution is -2.09. The zero-order valence-electron chi connectivity index (χ0n) is 14.6. The van der Waals surface area contributed by atoms with E-state index in [1.165, 1.54) is 32.1 Å². The van der Waals surface area contributed by atoms with Gasteiger partial charge in [-0.1, -0.05) is 63.6 Å². The number of aryl methyl sites for hydroxylation is 1. The summed E-state index contributed by atoms with van der Waals surface area (Å²) in [7, 11) is -4.39. The molecular weight excluding hydrogens is 347 g/mol. The lowest BCUT2D eigenvalue weighted by atomic mass is 10.0. The highest BCUT2D eigenvalue weighted by molar-refractivity contribution is 7.48. The standard InChI is InChI=1S/C17H27O7P/c1-2-3-4-5-6-7-8-11-15-12-9-10-13-16(15)23-25(21,24-20)22-14-17(18)19/h9-10,12-13,20H,2-8,11,14H2,1H3,(H,18,19). The number of carboxylic acids is 1. The maximum atomic E-state index is 12.1. The molecule has 0 saturated heterocycles. The summed E-state index contributed by atoms with van der Waals surface area (Å²) in [5.41, 5.74) is 0.798. The molecule has 142 valence electrons. The summed E-state index contributed by atoms with van der Waals surface area (Å²) in [6, 6.07) is 6.91. The van der Waals surface area contributed by atoms with Crippen LogP contribution in [-0.4, -0.2) is 22.9 Å². The molecule has 0 aliphatic rings. The summed E-state index contributed by atoms with van der Waals surface area (Å²) >= 11 is 0. The van der Waals surface area contributed by atoms with E-state index in [4.69, 9.17) is 14.9 Å². The molecule has 0 amide bonds. The number of phosphoric acid groups is 1. The van der Waals surface area contributed by atoms with Gasteiger partial charge in [0.05, 0.1) is 0 Å². The molecule has 0 radical (unpaired) electrons. The van der Waals surface area contributed by atoms with Crippen molar-refractivity contribution in [2.45, 2.75) is 58.3 Å². The second-order valence-corrected chi connectivity index (χ2v) is 7.26. The molecule has 0 aliphatic heterocycles. The average molecular weight is 374 g/mol. The van der Waals surface area contributed by atoms with Gasteiger partial charge < -0.3 is 9.63 Å². The zero-order chi connectivity index (χ0) is 18.5. The Morgan fingerprint density at radius 3 is 2.36 bits per heavy atom. The molecule has 8 heteroatoms. The maximum Gasteiger partial charge on any atom is 0.558 e. The van der Waals surface area contributed by atoms with Gasteiger partial charge in [0.1, 0.15) is 5.75 Å². The molecule has 0 saturated carbocycles. The van der Waals surface area contributed by atoms with Gasteiger partial charge in [-0.05, 0) is 24.5 Å². The third kappa shape index (κ3) is 9.02. The van der Waals surface area contributed by atoms with Gasteiger partial charge in [0.15, 0.2) is 6.61 Å². The van der Waals surface area contributed by atoms with Crippen molar-refractivity contribution in [2.75, 3.05) is 6.61 Å². The van der Waals surface area contributed by atoms with Crippen molar-refractivity contribution in [3.63, 3.8) is 0 Å². The van der Waals surface area contributed by atoms with E-state index in [9.17, 15) is 9.36 Å². The molecule has 1 rings (SSSR count). The first kappa shape index (κ1) is 21.6. The molecule has 0 heterocycles. The van der Waals surface area contributed by atoms with E-state index >= 15 is 0 Å². The fraction of sp³-hybridized carbons (Fsp3) is 0.588.